The van der Waals surface area contributed by atoms with Crippen LogP contribution in [0.5, 0.6) is 5.75 Å². The van der Waals surface area contributed by atoms with Gasteiger partial charge in [0.15, 0.2) is 5.78 Å². The van der Waals surface area contributed by atoms with Gasteiger partial charge in [-0.25, -0.2) is 0 Å². The van der Waals surface area contributed by atoms with Crippen molar-refractivity contribution in [3.8, 4) is 16.9 Å². The molecule has 2 aliphatic rings. The van der Waals surface area contributed by atoms with E-state index in [1.807, 2.05) is 52.2 Å². The minimum Gasteiger partial charge on any atom is -0.512 e. The van der Waals surface area contributed by atoms with Crippen LogP contribution in [0.25, 0.3) is 11.1 Å². The van der Waals surface area contributed by atoms with Crippen molar-refractivity contribution in [3.05, 3.63) is 75.8 Å². The van der Waals surface area contributed by atoms with Crippen LogP contribution in [-0.2, 0) is 20.7 Å². The number of fused-ring (bicyclic) bond motifs is 2. The molecule has 49 heavy (non-hydrogen) atoms. The molecule has 2 aromatic carbocycles. The number of phenols is 1. The van der Waals surface area contributed by atoms with Crippen LogP contribution in [0.1, 0.15) is 92.5 Å². The van der Waals surface area contributed by atoms with Crippen molar-refractivity contribution in [1.29, 1.82) is 0 Å². The van der Waals surface area contributed by atoms with Crippen LogP contribution >= 0.6 is 0 Å². The second-order valence-corrected chi connectivity index (χ2v) is 12.6. The Hall–Kier alpha value is -4.15. The molecular formula is C39H57N3O7. The third kappa shape index (κ3) is 10.9. The van der Waals surface area contributed by atoms with E-state index in [1.54, 1.807) is 19.2 Å². The first-order chi connectivity index (χ1) is 23.5. The third-order valence-corrected chi connectivity index (χ3v) is 9.08. The fraction of sp³-hybridized carbons (Fsp3) is 0.513. The van der Waals surface area contributed by atoms with Crippen molar-refractivity contribution in [1.82, 2.24) is 10.6 Å². The van der Waals surface area contributed by atoms with Crippen molar-refractivity contribution in [2.24, 2.45) is 23.5 Å². The number of hydrogen-bond donors (Lipinski definition) is 5. The summed E-state index contributed by atoms with van der Waals surface area (Å²) in [6.45, 7) is 9.82. The number of benzene rings is 2. The molecule has 10 heteroatoms. The lowest BCUT2D eigenvalue weighted by Gasteiger charge is -2.40. The molecular weight excluding hydrogens is 622 g/mol. The highest BCUT2D eigenvalue weighted by atomic mass is 16.5. The van der Waals surface area contributed by atoms with Crippen LogP contribution in [0.2, 0.25) is 0 Å². The predicted octanol–water partition coefficient (Wildman–Crippen LogP) is 6.48. The number of nitrogens with one attached hydrogen (secondary N) is 2. The highest BCUT2D eigenvalue weighted by Crippen LogP contribution is 2.49. The van der Waals surface area contributed by atoms with Gasteiger partial charge in [-0.15, -0.1) is 0 Å². The van der Waals surface area contributed by atoms with Crippen LogP contribution < -0.4 is 16.4 Å². The first kappa shape index (κ1) is 41.0. The van der Waals surface area contributed by atoms with Gasteiger partial charge < -0.3 is 36.1 Å². The van der Waals surface area contributed by atoms with Crippen LogP contribution in [0.4, 0.5) is 0 Å². The molecule has 4 rings (SSSR count). The summed E-state index contributed by atoms with van der Waals surface area (Å²) in [7, 11) is 5.38. The number of ether oxygens (including phenoxy) is 2. The lowest BCUT2D eigenvalue weighted by Crippen LogP contribution is -2.36. The summed E-state index contributed by atoms with van der Waals surface area (Å²) in [5.74, 6) is 0.734. The maximum atomic E-state index is 14.2. The van der Waals surface area contributed by atoms with Gasteiger partial charge in [0, 0.05) is 43.7 Å². The summed E-state index contributed by atoms with van der Waals surface area (Å²) in [5, 5.41) is 27.5. The van der Waals surface area contributed by atoms with Gasteiger partial charge in [-0.05, 0) is 105 Å². The Morgan fingerprint density at radius 1 is 1.12 bits per heavy atom. The molecule has 6 N–H and O–H groups in total. The molecule has 0 aromatic heterocycles. The molecule has 3 atom stereocenters. The maximum Gasteiger partial charge on any atom is 0.251 e. The minimum absolute atomic E-state index is 0.0372. The number of methoxy groups -OCH3 is 1. The molecule has 2 amide bonds. The molecule has 0 spiro atoms. The summed E-state index contributed by atoms with van der Waals surface area (Å²) in [6.07, 6.45) is 5.47. The van der Waals surface area contributed by atoms with E-state index in [-0.39, 0.29) is 41.6 Å². The SMILES string of the molecule is CCCCOC1=C2C(=O)c3c(O)ccc(-c4cccc(C(=O)NCCCOC)c4)c3CC2CC(C/C(O)=C(/C)CC)C1C.CNC.NC=O. The van der Waals surface area contributed by atoms with Crippen LogP contribution in [0.3, 0.4) is 0 Å². The molecule has 0 saturated heterocycles. The van der Waals surface area contributed by atoms with E-state index in [9.17, 15) is 19.8 Å². The number of Topliss-reactive ketones (excluding diaryl/α,β-unsaturated/α-hetero) is 1. The third-order valence-electron chi connectivity index (χ3n) is 9.08. The normalized spacial score (nSPS) is 18.4. The second-order valence-electron chi connectivity index (χ2n) is 12.6. The van der Waals surface area contributed by atoms with Gasteiger partial charge >= 0.3 is 0 Å². The average Bonchev–Trinajstić information content (AvgIpc) is 3.08. The number of aliphatic hydroxyl groups is 1. The number of amides is 2. The van der Waals surface area contributed by atoms with E-state index in [4.69, 9.17) is 14.3 Å². The number of hydrogen-bond acceptors (Lipinski definition) is 8. The molecule has 2 aliphatic carbocycles. The maximum absolute atomic E-state index is 14.2. The Labute approximate surface area is 292 Å². The summed E-state index contributed by atoms with van der Waals surface area (Å²) >= 11 is 0. The number of carbonyl (C=O) groups excluding carboxylic acids is 3. The first-order valence-corrected chi connectivity index (χ1v) is 17.3. The van der Waals surface area contributed by atoms with E-state index < -0.39 is 0 Å². The average molecular weight is 680 g/mol. The molecule has 10 nitrogen and oxygen atoms in total. The lowest BCUT2D eigenvalue weighted by molar-refractivity contribution is -0.106. The van der Waals surface area contributed by atoms with Gasteiger partial charge in [-0.3, -0.25) is 14.4 Å². The fourth-order valence-electron chi connectivity index (χ4n) is 6.35. The van der Waals surface area contributed by atoms with Crippen molar-refractivity contribution in [2.75, 3.05) is 41.0 Å². The quantitative estimate of drug-likeness (QED) is 0.0914. The number of primary amides is 1. The number of aliphatic hydroxyl groups excluding tert-OH is 1. The van der Waals surface area contributed by atoms with Crippen molar-refractivity contribution < 1.29 is 34.1 Å². The first-order valence-electron chi connectivity index (χ1n) is 17.3. The number of nitrogens with two attached hydrogens (primary N) is 1. The number of aromatic hydroxyl groups is 1. The highest BCUT2D eigenvalue weighted by Gasteiger charge is 2.44. The van der Waals surface area contributed by atoms with Crippen LogP contribution in [0.15, 0.2) is 59.1 Å². The number of ketones is 1. The molecule has 0 saturated carbocycles. The smallest absolute Gasteiger partial charge is 0.251 e. The van der Waals surface area contributed by atoms with Crippen LogP contribution in [0, 0.1) is 17.8 Å². The van der Waals surface area contributed by atoms with E-state index in [0.717, 1.165) is 54.4 Å². The minimum atomic E-state index is -0.182. The van der Waals surface area contributed by atoms with Crippen LogP contribution in [-0.4, -0.2) is 69.3 Å². The molecule has 0 aliphatic heterocycles. The number of allylic oxidation sites excluding steroid dienone is 4. The Morgan fingerprint density at radius 3 is 2.45 bits per heavy atom. The summed E-state index contributed by atoms with van der Waals surface area (Å²) in [4.78, 5) is 35.7. The molecule has 3 unspecified atom stereocenters. The summed E-state index contributed by atoms with van der Waals surface area (Å²) < 4.78 is 11.4. The Balaban J connectivity index is 0.00000129. The second kappa shape index (κ2) is 21.0. The van der Waals surface area contributed by atoms with E-state index in [2.05, 4.69) is 30.2 Å². The Bertz CT molecular complexity index is 1470. The number of unbranched alkanes of at least 4 members (excludes halogenated alkanes) is 1. The lowest BCUT2D eigenvalue weighted by atomic mass is 9.65. The number of carbonyl (C=O) groups is 3. The van der Waals surface area contributed by atoms with Gasteiger partial charge in [-0.2, -0.15) is 0 Å². The fourth-order valence-corrected chi connectivity index (χ4v) is 6.35. The van der Waals surface area contributed by atoms with Gasteiger partial charge in [0.2, 0.25) is 6.41 Å². The Morgan fingerprint density at radius 2 is 1.82 bits per heavy atom. The standard InChI is InChI=1S/C36H47NO6.C2H7N.CH3NO/c1-6-8-17-43-35-23(4)26(21-31(39)22(3)7-2)19-27-20-29-28(13-14-30(38)33(29)34(40)32(27)35)24-11-9-12-25(18-24)36(41)37-15-10-16-42-5;1-3-2;2-1-3/h9,11-14,18,23,26-27,38-39H,6-8,10,15-17,19-21H2,1-5H3,(H,37,41);3H,1-2H3;1H,(H2,2,3)/b31-22+;;. The van der Waals surface area contributed by atoms with Gasteiger partial charge in [0.25, 0.3) is 5.91 Å². The molecule has 2 aromatic rings. The van der Waals surface area contributed by atoms with E-state index >= 15 is 0 Å². The molecule has 0 fully saturated rings. The zero-order valence-electron chi connectivity index (χ0n) is 30.4. The molecule has 270 valence electrons. The van der Waals surface area contributed by atoms with Crippen molar-refractivity contribution in [3.63, 3.8) is 0 Å². The molecule has 0 radical (unpaired) electrons. The zero-order chi connectivity index (χ0) is 36.5. The predicted molar refractivity (Wildman–Crippen MR) is 195 cm³/mol. The summed E-state index contributed by atoms with van der Waals surface area (Å²) in [6, 6.07) is 10.8. The molecule has 0 heterocycles. The van der Waals surface area contributed by atoms with Gasteiger partial charge in [0.05, 0.1) is 17.9 Å². The number of rotatable bonds is 13. The van der Waals surface area contributed by atoms with E-state index in [0.29, 0.717) is 60.8 Å². The largest absolute Gasteiger partial charge is 0.512 e. The topological polar surface area (TPSA) is 160 Å². The van der Waals surface area contributed by atoms with Gasteiger partial charge in [0.1, 0.15) is 11.5 Å². The summed E-state index contributed by atoms with van der Waals surface area (Å²) in [5.41, 5.74) is 9.12. The van der Waals surface area contributed by atoms with E-state index in [1.165, 1.54) is 0 Å². The molecule has 0 bridgehead atoms. The van der Waals surface area contributed by atoms with Gasteiger partial charge in [-0.1, -0.05) is 45.4 Å². The number of phenolic OH excluding ortho intramolecular Hbond substituents is 1. The zero-order valence-corrected chi connectivity index (χ0v) is 30.4. The van der Waals surface area contributed by atoms with Crippen molar-refractivity contribution >= 4 is 18.1 Å². The monoisotopic (exact) mass is 679 g/mol. The Kier molecular flexibility index (Phi) is 17.6. The van der Waals surface area contributed by atoms with Crippen molar-refractivity contribution in [2.45, 2.75) is 72.6 Å². The highest BCUT2D eigenvalue weighted by molar-refractivity contribution is 6.14.